The van der Waals surface area contributed by atoms with Crippen LogP contribution in [0.15, 0.2) is 76.3 Å². The number of hydrazone groups is 1. The van der Waals surface area contributed by atoms with E-state index in [1.807, 2.05) is 49.4 Å². The Morgan fingerprint density at radius 1 is 1.06 bits per heavy atom. The number of fused-ring (bicyclic) bond motifs is 2. The van der Waals surface area contributed by atoms with E-state index >= 15 is 0 Å². The first-order chi connectivity index (χ1) is 16.4. The van der Waals surface area contributed by atoms with E-state index in [9.17, 15) is 14.4 Å². The molecule has 0 saturated heterocycles. The second kappa shape index (κ2) is 8.92. The summed E-state index contributed by atoms with van der Waals surface area (Å²) in [4.78, 5) is 44.4. The van der Waals surface area contributed by atoms with Gasteiger partial charge in [-0.2, -0.15) is 10.1 Å². The van der Waals surface area contributed by atoms with Crippen LogP contribution in [0.1, 0.15) is 31.8 Å². The molecule has 0 saturated carbocycles. The Hall–Kier alpha value is -3.69. The lowest BCUT2D eigenvalue weighted by molar-refractivity contribution is -0.118. The number of anilines is 1. The summed E-state index contributed by atoms with van der Waals surface area (Å²) in [6, 6.07) is 19.8. The van der Waals surface area contributed by atoms with Crippen molar-refractivity contribution in [2.45, 2.75) is 6.92 Å². The molecule has 5 rings (SSSR count). The normalized spacial score (nSPS) is 13.2. The maximum atomic E-state index is 13.4. The third-order valence-corrected chi connectivity index (χ3v) is 6.84. The van der Waals surface area contributed by atoms with Gasteiger partial charge in [-0.05, 0) is 54.4 Å². The molecule has 1 aliphatic heterocycles. The summed E-state index contributed by atoms with van der Waals surface area (Å²) in [5, 5.41) is 5.91. The zero-order chi connectivity index (χ0) is 23.8. The first-order valence-corrected chi connectivity index (χ1v) is 12.0. The highest BCUT2D eigenvalue weighted by Gasteiger charge is 2.37. The lowest BCUT2D eigenvalue weighted by atomic mass is 10.1. The zero-order valence-corrected chi connectivity index (χ0v) is 20.3. The summed E-state index contributed by atoms with van der Waals surface area (Å²) in [5.74, 6) is -1.53. The molecule has 0 bridgehead atoms. The van der Waals surface area contributed by atoms with Gasteiger partial charge in [0.1, 0.15) is 6.54 Å². The summed E-state index contributed by atoms with van der Waals surface area (Å²) in [5.41, 5.74) is 3.17. The molecule has 168 valence electrons. The van der Waals surface area contributed by atoms with Gasteiger partial charge >= 0.3 is 0 Å². The van der Waals surface area contributed by atoms with Crippen LogP contribution >= 0.6 is 27.3 Å². The minimum Gasteiger partial charge on any atom is -0.270 e. The number of amides is 3. The molecule has 2 heterocycles. The number of aryl methyl sites for hydroxylation is 1. The van der Waals surface area contributed by atoms with Gasteiger partial charge in [0.25, 0.3) is 17.7 Å². The van der Waals surface area contributed by atoms with Crippen molar-refractivity contribution in [2.24, 2.45) is 5.10 Å². The van der Waals surface area contributed by atoms with Crippen LogP contribution < -0.4 is 5.01 Å². The van der Waals surface area contributed by atoms with Crippen molar-refractivity contribution in [3.8, 4) is 0 Å². The molecule has 1 aliphatic rings. The van der Waals surface area contributed by atoms with E-state index in [4.69, 9.17) is 0 Å². The molecule has 4 aromatic rings. The smallest absolute Gasteiger partial charge is 0.269 e. The molecule has 0 radical (unpaired) electrons. The first kappa shape index (κ1) is 22.1. The standard InChI is InChI=1S/C25H17BrN4O3S/c1-15-6-11-20-21(12-15)34-25(28-20)30(27-13-16-7-9-17(26)10-8-16)22(31)14-29-23(32)18-4-2-3-5-19(18)24(29)33/h2-13H,14H2,1H3/b27-13+. The number of halogens is 1. The van der Waals surface area contributed by atoms with Crippen molar-refractivity contribution < 1.29 is 14.4 Å². The Morgan fingerprint density at radius 3 is 2.41 bits per heavy atom. The van der Waals surface area contributed by atoms with Crippen molar-refractivity contribution in [3.63, 3.8) is 0 Å². The molecule has 0 unspecified atom stereocenters. The lowest BCUT2D eigenvalue weighted by Crippen LogP contribution is -2.41. The number of nitrogens with zero attached hydrogens (tertiary/aromatic N) is 4. The summed E-state index contributed by atoms with van der Waals surface area (Å²) in [6.45, 7) is 1.54. The van der Waals surface area contributed by atoms with Crippen molar-refractivity contribution in [2.75, 3.05) is 11.6 Å². The number of carbonyl (C=O) groups excluding carboxylic acids is 3. The van der Waals surface area contributed by atoms with Gasteiger partial charge in [-0.25, -0.2) is 4.98 Å². The number of imide groups is 1. The van der Waals surface area contributed by atoms with Crippen molar-refractivity contribution >= 4 is 66.6 Å². The molecular weight excluding hydrogens is 516 g/mol. The fraction of sp³-hybridized carbons (Fsp3) is 0.0800. The fourth-order valence-corrected chi connectivity index (χ4v) is 4.89. The molecular formula is C25H17BrN4O3S. The Morgan fingerprint density at radius 2 is 1.74 bits per heavy atom. The number of hydrogen-bond donors (Lipinski definition) is 0. The summed E-state index contributed by atoms with van der Waals surface area (Å²) in [7, 11) is 0. The van der Waals surface area contributed by atoms with E-state index in [1.165, 1.54) is 11.3 Å². The molecule has 0 fully saturated rings. The number of carbonyl (C=O) groups is 3. The molecule has 34 heavy (non-hydrogen) atoms. The van der Waals surface area contributed by atoms with Gasteiger partial charge in [0.2, 0.25) is 5.13 Å². The zero-order valence-electron chi connectivity index (χ0n) is 17.9. The summed E-state index contributed by atoms with van der Waals surface area (Å²) >= 11 is 4.71. The highest BCUT2D eigenvalue weighted by Crippen LogP contribution is 2.30. The minimum atomic E-state index is -0.543. The van der Waals surface area contributed by atoms with Gasteiger partial charge in [0.15, 0.2) is 0 Å². The number of hydrogen-bond acceptors (Lipinski definition) is 6. The maximum Gasteiger partial charge on any atom is 0.269 e. The predicted molar refractivity (Wildman–Crippen MR) is 135 cm³/mol. The van der Waals surface area contributed by atoms with E-state index in [0.717, 1.165) is 35.7 Å². The molecule has 0 aliphatic carbocycles. The molecule has 0 atom stereocenters. The van der Waals surface area contributed by atoms with Crippen LogP contribution in [0.4, 0.5) is 5.13 Å². The van der Waals surface area contributed by atoms with E-state index in [1.54, 1.807) is 30.5 Å². The van der Waals surface area contributed by atoms with Crippen LogP contribution in [-0.2, 0) is 4.79 Å². The summed E-state index contributed by atoms with van der Waals surface area (Å²) < 4.78 is 1.83. The first-order valence-electron chi connectivity index (χ1n) is 10.4. The molecule has 1 aromatic heterocycles. The molecule has 9 heteroatoms. The minimum absolute atomic E-state index is 0.292. The summed E-state index contributed by atoms with van der Waals surface area (Å²) in [6.07, 6.45) is 1.55. The highest BCUT2D eigenvalue weighted by molar-refractivity contribution is 9.10. The van der Waals surface area contributed by atoms with Gasteiger partial charge in [-0.15, -0.1) is 0 Å². The average molecular weight is 533 g/mol. The maximum absolute atomic E-state index is 13.4. The molecule has 3 aromatic carbocycles. The van der Waals surface area contributed by atoms with Crippen LogP contribution in [0.2, 0.25) is 0 Å². The van der Waals surface area contributed by atoms with Gasteiger partial charge < -0.3 is 0 Å². The Bertz CT molecular complexity index is 1440. The second-order valence-corrected chi connectivity index (χ2v) is 9.64. The lowest BCUT2D eigenvalue weighted by Gasteiger charge is -2.18. The van der Waals surface area contributed by atoms with E-state index < -0.39 is 24.3 Å². The third-order valence-electron chi connectivity index (χ3n) is 5.31. The molecule has 0 N–H and O–H groups in total. The Kier molecular flexibility index (Phi) is 5.80. The number of rotatable bonds is 5. The van der Waals surface area contributed by atoms with Crippen LogP contribution in [0.3, 0.4) is 0 Å². The monoisotopic (exact) mass is 532 g/mol. The number of aromatic nitrogens is 1. The van der Waals surface area contributed by atoms with Crippen LogP contribution in [0.5, 0.6) is 0 Å². The molecule has 0 spiro atoms. The van der Waals surface area contributed by atoms with E-state index in [0.29, 0.717) is 16.3 Å². The predicted octanol–water partition coefficient (Wildman–Crippen LogP) is 5.03. The highest BCUT2D eigenvalue weighted by atomic mass is 79.9. The van der Waals surface area contributed by atoms with Gasteiger partial charge in [-0.1, -0.05) is 57.6 Å². The van der Waals surface area contributed by atoms with Crippen molar-refractivity contribution in [1.82, 2.24) is 9.88 Å². The molecule has 7 nitrogen and oxygen atoms in total. The van der Waals surface area contributed by atoms with Crippen LogP contribution in [0.25, 0.3) is 10.2 Å². The van der Waals surface area contributed by atoms with Gasteiger partial charge in [0.05, 0.1) is 27.6 Å². The number of thiazole rings is 1. The van der Waals surface area contributed by atoms with Crippen LogP contribution in [-0.4, -0.2) is 40.4 Å². The topological polar surface area (TPSA) is 82.9 Å². The van der Waals surface area contributed by atoms with E-state index in [2.05, 4.69) is 26.0 Å². The average Bonchev–Trinajstić information content (AvgIpc) is 3.35. The van der Waals surface area contributed by atoms with Gasteiger partial charge in [-0.3, -0.25) is 19.3 Å². The SMILES string of the molecule is Cc1ccc2nc(N(/N=C/c3ccc(Br)cc3)C(=O)CN3C(=O)c4ccccc4C3=O)sc2c1. The Labute approximate surface area is 207 Å². The van der Waals surface area contributed by atoms with Crippen molar-refractivity contribution in [3.05, 3.63) is 93.5 Å². The largest absolute Gasteiger partial charge is 0.270 e. The van der Waals surface area contributed by atoms with E-state index in [-0.39, 0.29) is 0 Å². The molecule has 3 amide bonds. The quantitative estimate of drug-likeness (QED) is 0.205. The Balaban J connectivity index is 1.48. The fourth-order valence-electron chi connectivity index (χ4n) is 3.59. The second-order valence-electron chi connectivity index (χ2n) is 7.71. The third kappa shape index (κ3) is 4.15. The number of benzene rings is 3. The van der Waals surface area contributed by atoms with Gasteiger partial charge in [0, 0.05) is 4.47 Å². The van der Waals surface area contributed by atoms with Crippen LogP contribution in [0, 0.1) is 6.92 Å². The van der Waals surface area contributed by atoms with Crippen molar-refractivity contribution in [1.29, 1.82) is 0 Å².